The predicted molar refractivity (Wildman–Crippen MR) is 44.8 cm³/mol. The number of rotatable bonds is 2. The molecule has 0 aromatic rings. The summed E-state index contributed by atoms with van der Waals surface area (Å²) < 4.78 is 10.0. The Labute approximate surface area is 72.4 Å². The first-order valence-corrected chi connectivity index (χ1v) is 4.19. The van der Waals surface area contributed by atoms with Gasteiger partial charge in [0.25, 0.3) is 0 Å². The van der Waals surface area contributed by atoms with E-state index in [4.69, 9.17) is 9.47 Å². The third-order valence-corrected chi connectivity index (χ3v) is 1.90. The summed E-state index contributed by atoms with van der Waals surface area (Å²) in [5.41, 5.74) is 1.79. The Morgan fingerprint density at radius 2 is 2.42 bits per heavy atom. The van der Waals surface area contributed by atoms with Gasteiger partial charge in [0.1, 0.15) is 0 Å². The van der Waals surface area contributed by atoms with Crippen molar-refractivity contribution in [1.82, 2.24) is 0 Å². The number of hydrogen-bond donors (Lipinski definition) is 0. The second-order valence-electron chi connectivity index (χ2n) is 2.78. The van der Waals surface area contributed by atoms with Crippen LogP contribution in [0.3, 0.4) is 0 Å². The number of ether oxygens (including phenoxy) is 2. The molecule has 0 aliphatic carbocycles. The van der Waals surface area contributed by atoms with Crippen LogP contribution in [0.15, 0.2) is 11.1 Å². The summed E-state index contributed by atoms with van der Waals surface area (Å²) in [6, 6.07) is 0. The molecule has 0 atom stereocenters. The van der Waals surface area contributed by atoms with Crippen LogP contribution in [-0.4, -0.2) is 25.8 Å². The van der Waals surface area contributed by atoms with Crippen LogP contribution in [0.4, 0.5) is 0 Å². The summed E-state index contributed by atoms with van der Waals surface area (Å²) >= 11 is 0. The Bertz CT molecular complexity index is 206. The van der Waals surface area contributed by atoms with Gasteiger partial charge in [-0.25, -0.2) is 4.79 Å². The van der Waals surface area contributed by atoms with Gasteiger partial charge in [-0.3, -0.25) is 0 Å². The molecule has 0 amide bonds. The van der Waals surface area contributed by atoms with Gasteiger partial charge in [-0.15, -0.1) is 0 Å². The van der Waals surface area contributed by atoms with E-state index >= 15 is 0 Å². The highest BCUT2D eigenvalue weighted by atomic mass is 16.5. The lowest BCUT2D eigenvalue weighted by atomic mass is 10.1. The Morgan fingerprint density at radius 1 is 1.67 bits per heavy atom. The van der Waals surface area contributed by atoms with Crippen molar-refractivity contribution >= 4 is 5.97 Å². The summed E-state index contributed by atoms with van der Waals surface area (Å²) in [4.78, 5) is 11.2. The fourth-order valence-corrected chi connectivity index (χ4v) is 1.12. The molecule has 0 aromatic carbocycles. The molecule has 1 heterocycles. The van der Waals surface area contributed by atoms with E-state index in [2.05, 4.69) is 0 Å². The lowest BCUT2D eigenvalue weighted by molar-refractivity contribution is -0.139. The van der Waals surface area contributed by atoms with Crippen molar-refractivity contribution in [1.29, 1.82) is 0 Å². The topological polar surface area (TPSA) is 35.5 Å². The molecular formula is C9H14O3. The third-order valence-electron chi connectivity index (χ3n) is 1.90. The van der Waals surface area contributed by atoms with Crippen molar-refractivity contribution in [2.24, 2.45) is 0 Å². The highest BCUT2D eigenvalue weighted by molar-refractivity contribution is 5.89. The smallest absolute Gasteiger partial charge is 0.336 e. The summed E-state index contributed by atoms with van der Waals surface area (Å²) in [6.45, 7) is 5.31. The molecule has 0 unspecified atom stereocenters. The van der Waals surface area contributed by atoms with E-state index in [9.17, 15) is 4.79 Å². The molecule has 12 heavy (non-hydrogen) atoms. The zero-order valence-corrected chi connectivity index (χ0v) is 7.55. The molecule has 3 nitrogen and oxygen atoms in total. The molecule has 0 N–H and O–H groups in total. The van der Waals surface area contributed by atoms with Crippen LogP contribution in [0.25, 0.3) is 0 Å². The SMILES string of the molecule is CCOC(=O)C1=C(C)CCOC1. The minimum atomic E-state index is -0.227. The first-order chi connectivity index (χ1) is 5.75. The van der Waals surface area contributed by atoms with Crippen LogP contribution in [-0.2, 0) is 14.3 Å². The average molecular weight is 170 g/mol. The Balaban J connectivity index is 2.64. The fraction of sp³-hybridized carbons (Fsp3) is 0.667. The molecule has 0 saturated carbocycles. The lowest BCUT2D eigenvalue weighted by Gasteiger charge is -2.16. The van der Waals surface area contributed by atoms with Crippen LogP contribution < -0.4 is 0 Å². The zero-order valence-electron chi connectivity index (χ0n) is 7.55. The van der Waals surface area contributed by atoms with Crippen molar-refractivity contribution in [2.75, 3.05) is 19.8 Å². The molecule has 0 spiro atoms. The zero-order chi connectivity index (χ0) is 8.97. The van der Waals surface area contributed by atoms with Gasteiger partial charge in [0.2, 0.25) is 0 Å². The maximum absolute atomic E-state index is 11.2. The standard InChI is InChI=1S/C9H14O3/c1-3-12-9(10)8-6-11-5-4-7(8)2/h3-6H2,1-2H3. The van der Waals surface area contributed by atoms with Gasteiger partial charge in [0.15, 0.2) is 0 Å². The minimum absolute atomic E-state index is 0.227. The van der Waals surface area contributed by atoms with Gasteiger partial charge in [-0.05, 0) is 20.3 Å². The van der Waals surface area contributed by atoms with Gasteiger partial charge in [0, 0.05) is 0 Å². The second-order valence-corrected chi connectivity index (χ2v) is 2.78. The predicted octanol–water partition coefficient (Wildman–Crippen LogP) is 1.29. The Kier molecular flexibility index (Phi) is 3.29. The first-order valence-electron chi connectivity index (χ1n) is 4.19. The highest BCUT2D eigenvalue weighted by Crippen LogP contribution is 2.15. The van der Waals surface area contributed by atoms with Gasteiger partial charge in [-0.1, -0.05) is 5.57 Å². The van der Waals surface area contributed by atoms with Crippen molar-refractivity contribution < 1.29 is 14.3 Å². The van der Waals surface area contributed by atoms with Gasteiger partial charge in [0.05, 0.1) is 25.4 Å². The van der Waals surface area contributed by atoms with Crippen LogP contribution in [0.5, 0.6) is 0 Å². The summed E-state index contributed by atoms with van der Waals surface area (Å²) in [5.74, 6) is -0.227. The summed E-state index contributed by atoms with van der Waals surface area (Å²) in [5, 5.41) is 0. The molecule has 0 saturated heterocycles. The highest BCUT2D eigenvalue weighted by Gasteiger charge is 2.17. The van der Waals surface area contributed by atoms with Crippen molar-refractivity contribution in [2.45, 2.75) is 20.3 Å². The summed E-state index contributed by atoms with van der Waals surface area (Å²) in [6.07, 6.45) is 0.841. The maximum Gasteiger partial charge on any atom is 0.336 e. The molecule has 1 rings (SSSR count). The van der Waals surface area contributed by atoms with E-state index in [0.29, 0.717) is 18.8 Å². The average Bonchev–Trinajstić information content (AvgIpc) is 2.05. The number of carbonyl (C=O) groups is 1. The van der Waals surface area contributed by atoms with Crippen molar-refractivity contribution in [3.05, 3.63) is 11.1 Å². The van der Waals surface area contributed by atoms with E-state index in [0.717, 1.165) is 18.6 Å². The largest absolute Gasteiger partial charge is 0.463 e. The van der Waals surface area contributed by atoms with E-state index in [1.807, 2.05) is 6.92 Å². The maximum atomic E-state index is 11.2. The normalized spacial score (nSPS) is 17.8. The van der Waals surface area contributed by atoms with Crippen molar-refractivity contribution in [3.63, 3.8) is 0 Å². The molecule has 1 aliphatic heterocycles. The third kappa shape index (κ3) is 2.08. The molecule has 3 heteroatoms. The van der Waals surface area contributed by atoms with Crippen LogP contribution in [0, 0.1) is 0 Å². The lowest BCUT2D eigenvalue weighted by Crippen LogP contribution is -2.19. The van der Waals surface area contributed by atoms with E-state index < -0.39 is 0 Å². The van der Waals surface area contributed by atoms with E-state index in [1.54, 1.807) is 6.92 Å². The van der Waals surface area contributed by atoms with E-state index in [-0.39, 0.29) is 5.97 Å². The summed E-state index contributed by atoms with van der Waals surface area (Å²) in [7, 11) is 0. The molecule has 0 fully saturated rings. The molecule has 0 aromatic heterocycles. The number of carbonyl (C=O) groups excluding carboxylic acids is 1. The molecule has 68 valence electrons. The molecule has 0 bridgehead atoms. The van der Waals surface area contributed by atoms with Gasteiger partial charge >= 0.3 is 5.97 Å². The molecule has 0 radical (unpaired) electrons. The fourth-order valence-electron chi connectivity index (χ4n) is 1.12. The van der Waals surface area contributed by atoms with Crippen molar-refractivity contribution in [3.8, 4) is 0 Å². The molecule has 1 aliphatic rings. The second kappa shape index (κ2) is 4.26. The van der Waals surface area contributed by atoms with Crippen LogP contribution in [0.2, 0.25) is 0 Å². The number of hydrogen-bond acceptors (Lipinski definition) is 3. The first kappa shape index (κ1) is 9.26. The van der Waals surface area contributed by atoms with E-state index in [1.165, 1.54) is 0 Å². The quantitative estimate of drug-likeness (QED) is 0.586. The molecular weight excluding hydrogens is 156 g/mol. The van der Waals surface area contributed by atoms with Crippen LogP contribution >= 0.6 is 0 Å². The van der Waals surface area contributed by atoms with Crippen LogP contribution in [0.1, 0.15) is 20.3 Å². The number of esters is 1. The monoisotopic (exact) mass is 170 g/mol. The minimum Gasteiger partial charge on any atom is -0.463 e. The van der Waals surface area contributed by atoms with Gasteiger partial charge < -0.3 is 9.47 Å². The Hall–Kier alpha value is -0.830. The Morgan fingerprint density at radius 3 is 3.00 bits per heavy atom. The van der Waals surface area contributed by atoms with Gasteiger partial charge in [-0.2, -0.15) is 0 Å².